The van der Waals surface area contributed by atoms with Crippen LogP contribution in [0.15, 0.2) is 36.7 Å². The number of nitrogens with zero attached hydrogens (tertiary/aromatic N) is 2. The van der Waals surface area contributed by atoms with Gasteiger partial charge in [-0.1, -0.05) is 68.3 Å². The number of rotatable bonds is 2. The van der Waals surface area contributed by atoms with Crippen LogP contribution in [0, 0.1) is 0 Å². The first kappa shape index (κ1) is 23.0. The number of aromatic nitrogens is 3. The number of aromatic amines is 1. The lowest BCUT2D eigenvalue weighted by atomic mass is 10.0. The summed E-state index contributed by atoms with van der Waals surface area (Å²) < 4.78 is 0. The summed E-state index contributed by atoms with van der Waals surface area (Å²) in [7, 11) is 0. The number of halogens is 1. The number of nitrogens with two attached hydrogens (primary N) is 2. The molecule has 1 atom stereocenters. The Morgan fingerprint density at radius 1 is 1.06 bits per heavy atom. The molecular formula is C23H31ClN6O. The number of anilines is 1. The highest BCUT2D eigenvalue weighted by molar-refractivity contribution is 6.33. The molecule has 1 aliphatic heterocycles. The molecule has 166 valence electrons. The van der Waals surface area contributed by atoms with Crippen molar-refractivity contribution in [3.05, 3.63) is 41.7 Å². The van der Waals surface area contributed by atoms with E-state index >= 15 is 0 Å². The van der Waals surface area contributed by atoms with Gasteiger partial charge in [-0.3, -0.25) is 4.79 Å². The van der Waals surface area contributed by atoms with E-state index in [0.717, 1.165) is 35.9 Å². The van der Waals surface area contributed by atoms with Gasteiger partial charge in [0.25, 0.3) is 0 Å². The van der Waals surface area contributed by atoms with Crippen LogP contribution in [0.25, 0.3) is 22.2 Å². The fraction of sp³-hybridized carbons (Fsp3) is 0.435. The van der Waals surface area contributed by atoms with Crippen molar-refractivity contribution in [2.24, 2.45) is 5.73 Å². The van der Waals surface area contributed by atoms with E-state index in [2.05, 4.69) is 20.3 Å². The Morgan fingerprint density at radius 3 is 2.32 bits per heavy atom. The molecule has 2 aliphatic rings. The average molecular weight is 443 g/mol. The van der Waals surface area contributed by atoms with Gasteiger partial charge in [-0.2, -0.15) is 0 Å². The number of hydrogen-bond donors (Lipinski definition) is 4. The van der Waals surface area contributed by atoms with Gasteiger partial charge in [0.05, 0.1) is 23.0 Å². The van der Waals surface area contributed by atoms with Gasteiger partial charge in [0, 0.05) is 22.7 Å². The smallest absolute Gasteiger partial charge is 0.234 e. The largest absolute Gasteiger partial charge is 0.368 e. The molecule has 0 bridgehead atoms. The van der Waals surface area contributed by atoms with Gasteiger partial charge in [0.15, 0.2) is 0 Å². The van der Waals surface area contributed by atoms with Gasteiger partial charge in [-0.05, 0) is 25.5 Å². The first-order valence-corrected chi connectivity index (χ1v) is 11.3. The van der Waals surface area contributed by atoms with Gasteiger partial charge in [-0.25, -0.2) is 9.97 Å². The Kier molecular flexibility index (Phi) is 8.67. The lowest BCUT2D eigenvalue weighted by Crippen LogP contribution is -2.36. The van der Waals surface area contributed by atoms with E-state index in [-0.39, 0.29) is 17.9 Å². The number of carbonyl (C=O) groups is 1. The van der Waals surface area contributed by atoms with Crippen molar-refractivity contribution in [3.63, 3.8) is 0 Å². The fourth-order valence-electron chi connectivity index (χ4n) is 3.83. The van der Waals surface area contributed by atoms with Gasteiger partial charge >= 0.3 is 0 Å². The molecule has 0 spiro atoms. The second-order valence-electron chi connectivity index (χ2n) is 7.85. The number of para-hydroxylation sites is 1. The maximum absolute atomic E-state index is 10.4. The third-order valence-electron chi connectivity index (χ3n) is 5.51. The Morgan fingerprint density at radius 2 is 1.74 bits per heavy atom. The van der Waals surface area contributed by atoms with Crippen LogP contribution in [0.1, 0.15) is 51.4 Å². The van der Waals surface area contributed by atoms with Crippen LogP contribution in [0.2, 0.25) is 5.02 Å². The second kappa shape index (κ2) is 11.7. The summed E-state index contributed by atoms with van der Waals surface area (Å²) in [6.45, 7) is 0.938. The zero-order chi connectivity index (χ0) is 22.1. The monoisotopic (exact) mass is 442 g/mol. The number of benzene rings is 1. The van der Waals surface area contributed by atoms with Crippen LogP contribution in [0.3, 0.4) is 0 Å². The van der Waals surface area contributed by atoms with E-state index in [9.17, 15) is 4.79 Å². The number of nitrogen functional groups attached to an aromatic ring is 1. The number of nitrogens with one attached hydrogen (secondary N) is 2. The van der Waals surface area contributed by atoms with Crippen molar-refractivity contribution in [1.29, 1.82) is 0 Å². The maximum atomic E-state index is 10.4. The summed E-state index contributed by atoms with van der Waals surface area (Å²) >= 11 is 6.09. The summed E-state index contributed by atoms with van der Waals surface area (Å²) in [6.07, 6.45) is 14.4. The SMILES string of the molecule is C1CCCCC1.NC(=O)C1CCCN1.Nc1ncc(Cl)c(-c2c[nH]c3ccccc23)n1. The highest BCUT2D eigenvalue weighted by atomic mass is 35.5. The van der Waals surface area contributed by atoms with Crippen LogP contribution in [0.4, 0.5) is 5.95 Å². The molecule has 1 aromatic carbocycles. The van der Waals surface area contributed by atoms with E-state index < -0.39 is 0 Å². The van der Waals surface area contributed by atoms with E-state index in [1.54, 1.807) is 0 Å². The predicted octanol–water partition coefficient (Wildman–Crippen LogP) is 4.42. The number of primary amides is 1. The number of carbonyl (C=O) groups excluding carboxylic acids is 1. The Balaban J connectivity index is 0.000000160. The predicted molar refractivity (Wildman–Crippen MR) is 127 cm³/mol. The molecule has 7 nitrogen and oxygen atoms in total. The van der Waals surface area contributed by atoms with Crippen LogP contribution in [-0.4, -0.2) is 33.4 Å². The molecule has 1 saturated carbocycles. The topological polar surface area (TPSA) is 123 Å². The summed E-state index contributed by atoms with van der Waals surface area (Å²) in [5.74, 6) is -0.00261. The molecule has 3 heterocycles. The molecule has 2 aromatic heterocycles. The zero-order valence-electron chi connectivity index (χ0n) is 17.7. The number of H-pyrrole nitrogens is 1. The number of amides is 1. The van der Waals surface area contributed by atoms with Crippen LogP contribution < -0.4 is 16.8 Å². The molecule has 1 amide bonds. The molecule has 8 heteroatoms. The van der Waals surface area contributed by atoms with Crippen molar-refractivity contribution in [2.45, 2.75) is 57.4 Å². The molecule has 5 rings (SSSR count). The number of fused-ring (bicyclic) bond motifs is 1. The summed E-state index contributed by atoms with van der Waals surface area (Å²) in [6, 6.07) is 7.90. The van der Waals surface area contributed by atoms with E-state index in [0.29, 0.717) is 10.7 Å². The Labute approximate surface area is 188 Å². The van der Waals surface area contributed by atoms with Crippen molar-refractivity contribution in [2.75, 3.05) is 12.3 Å². The fourth-order valence-corrected chi connectivity index (χ4v) is 4.02. The van der Waals surface area contributed by atoms with Crippen molar-refractivity contribution in [1.82, 2.24) is 20.3 Å². The van der Waals surface area contributed by atoms with Crippen molar-refractivity contribution >= 4 is 34.4 Å². The highest BCUT2D eigenvalue weighted by Crippen LogP contribution is 2.31. The van der Waals surface area contributed by atoms with E-state index in [1.807, 2.05) is 30.5 Å². The zero-order valence-corrected chi connectivity index (χ0v) is 18.5. The number of hydrogen-bond acceptors (Lipinski definition) is 5. The van der Waals surface area contributed by atoms with Gasteiger partial charge in [0.1, 0.15) is 0 Å². The van der Waals surface area contributed by atoms with Gasteiger partial charge in [-0.15, -0.1) is 0 Å². The first-order chi connectivity index (χ1) is 15.1. The maximum Gasteiger partial charge on any atom is 0.234 e. The minimum atomic E-state index is -0.220. The Hall–Kier alpha value is -2.64. The minimum Gasteiger partial charge on any atom is -0.368 e. The molecule has 3 aromatic rings. The second-order valence-corrected chi connectivity index (χ2v) is 8.25. The standard InChI is InChI=1S/C12H9ClN4.C6H12.C5H10N2O/c13-9-6-16-12(14)17-11(9)8-5-15-10-4-2-1-3-7(8)10;1-2-4-6-5-3-1;6-5(8)4-2-1-3-7-4/h1-6,15H,(H2,14,16,17);1-6H2;4,7H,1-3H2,(H2,6,8). The summed E-state index contributed by atoms with van der Waals surface area (Å²) in [5, 5.41) is 4.53. The molecule has 1 saturated heterocycles. The molecule has 1 unspecified atom stereocenters. The highest BCUT2D eigenvalue weighted by Gasteiger charge is 2.18. The lowest BCUT2D eigenvalue weighted by Gasteiger charge is -2.05. The van der Waals surface area contributed by atoms with E-state index in [4.69, 9.17) is 23.1 Å². The van der Waals surface area contributed by atoms with Crippen LogP contribution >= 0.6 is 11.6 Å². The summed E-state index contributed by atoms with van der Waals surface area (Å²) in [4.78, 5) is 21.6. The van der Waals surface area contributed by atoms with Gasteiger partial charge < -0.3 is 21.8 Å². The molecular weight excluding hydrogens is 412 g/mol. The molecule has 0 radical (unpaired) electrons. The van der Waals surface area contributed by atoms with E-state index in [1.165, 1.54) is 44.7 Å². The van der Waals surface area contributed by atoms with Crippen LogP contribution in [-0.2, 0) is 4.79 Å². The Bertz CT molecular complexity index is 968. The third kappa shape index (κ3) is 6.67. The molecule has 31 heavy (non-hydrogen) atoms. The molecule has 6 N–H and O–H groups in total. The lowest BCUT2D eigenvalue weighted by molar-refractivity contribution is -0.119. The quantitative estimate of drug-likeness (QED) is 0.467. The minimum absolute atomic E-state index is 0.0463. The van der Waals surface area contributed by atoms with Gasteiger partial charge in [0.2, 0.25) is 11.9 Å². The molecule has 2 fully saturated rings. The average Bonchev–Trinajstić information content (AvgIpc) is 3.48. The van der Waals surface area contributed by atoms with Crippen molar-refractivity contribution < 1.29 is 4.79 Å². The van der Waals surface area contributed by atoms with Crippen LogP contribution in [0.5, 0.6) is 0 Å². The normalized spacial score (nSPS) is 17.9. The third-order valence-corrected chi connectivity index (χ3v) is 5.79. The molecule has 1 aliphatic carbocycles. The first-order valence-electron chi connectivity index (χ1n) is 10.9. The summed E-state index contributed by atoms with van der Waals surface area (Å²) in [5.41, 5.74) is 13.2. The van der Waals surface area contributed by atoms with Crippen molar-refractivity contribution in [3.8, 4) is 11.3 Å².